The fourth-order valence-electron chi connectivity index (χ4n) is 1.79. The van der Waals surface area contributed by atoms with E-state index in [9.17, 15) is 5.11 Å². The Hall–Kier alpha value is -0.0400. The molecule has 0 unspecified atom stereocenters. The van der Waals surface area contributed by atoms with Gasteiger partial charge in [0, 0.05) is 0 Å². The summed E-state index contributed by atoms with van der Waals surface area (Å²) in [4.78, 5) is 0. The Balaban J connectivity index is 2.32. The van der Waals surface area contributed by atoms with Gasteiger partial charge in [-0.3, -0.25) is 0 Å². The van der Waals surface area contributed by atoms with Crippen LogP contribution in [-0.2, 0) is 0 Å². The molecule has 0 saturated heterocycles. The maximum atomic E-state index is 9.84. The van der Waals surface area contributed by atoms with E-state index in [1.807, 2.05) is 6.92 Å². The molecule has 0 bridgehead atoms. The zero-order valence-electron chi connectivity index (χ0n) is 6.77. The fraction of sp³-hybridized carbons (Fsp3) is 0.889. The van der Waals surface area contributed by atoms with Crippen LogP contribution in [0.25, 0.3) is 0 Å². The topological polar surface area (TPSA) is 20.2 Å². The Labute approximate surface area is 63.4 Å². The minimum atomic E-state index is -0.326. The van der Waals surface area contributed by atoms with Crippen molar-refractivity contribution in [2.45, 2.75) is 51.0 Å². The third-order valence-corrected chi connectivity index (χ3v) is 2.37. The Morgan fingerprint density at radius 2 is 1.90 bits per heavy atom. The molecular weight excluding hydrogens is 124 g/mol. The number of hydrogen-bond donors (Lipinski definition) is 1. The smallest absolute Gasteiger partial charge is 0.0650 e. The van der Waals surface area contributed by atoms with E-state index in [-0.39, 0.29) is 5.60 Å². The molecule has 0 amide bonds. The van der Waals surface area contributed by atoms with Gasteiger partial charge in [0.05, 0.1) is 5.60 Å². The highest BCUT2D eigenvalue weighted by molar-refractivity contribution is 4.85. The summed E-state index contributed by atoms with van der Waals surface area (Å²) in [6, 6.07) is 0. The van der Waals surface area contributed by atoms with E-state index in [0.717, 1.165) is 19.3 Å². The quantitative estimate of drug-likeness (QED) is 0.625. The lowest BCUT2D eigenvalue weighted by Crippen LogP contribution is -2.30. The predicted molar refractivity (Wildman–Crippen MR) is 42.6 cm³/mol. The highest BCUT2D eigenvalue weighted by atomic mass is 16.3. The first-order valence-electron chi connectivity index (χ1n) is 4.27. The molecule has 10 heavy (non-hydrogen) atoms. The highest BCUT2D eigenvalue weighted by Gasteiger charge is 2.27. The standard InChI is InChI=1S/C9H17O/c1-2-6-9(10)7-4-3-5-8-9/h2,10H,3-8H2,1H3. The van der Waals surface area contributed by atoms with Gasteiger partial charge in [0.2, 0.25) is 0 Å². The minimum absolute atomic E-state index is 0.326. The second-order valence-corrected chi connectivity index (χ2v) is 3.40. The zero-order chi connectivity index (χ0) is 7.45. The van der Waals surface area contributed by atoms with E-state index in [1.165, 1.54) is 19.3 Å². The third-order valence-electron chi connectivity index (χ3n) is 2.37. The van der Waals surface area contributed by atoms with Gasteiger partial charge < -0.3 is 5.11 Å². The van der Waals surface area contributed by atoms with Gasteiger partial charge in [-0.15, -0.1) is 0 Å². The van der Waals surface area contributed by atoms with Gasteiger partial charge in [0.1, 0.15) is 0 Å². The monoisotopic (exact) mass is 141 g/mol. The predicted octanol–water partition coefficient (Wildman–Crippen LogP) is 2.30. The van der Waals surface area contributed by atoms with E-state index < -0.39 is 0 Å². The van der Waals surface area contributed by atoms with E-state index >= 15 is 0 Å². The van der Waals surface area contributed by atoms with Gasteiger partial charge in [-0.05, 0) is 25.7 Å². The van der Waals surface area contributed by atoms with Crippen LogP contribution in [-0.4, -0.2) is 10.7 Å². The SMILES string of the molecule is C[CH]CC1(O)CCCCC1. The lowest BCUT2D eigenvalue weighted by Gasteiger charge is -2.31. The summed E-state index contributed by atoms with van der Waals surface area (Å²) in [5.74, 6) is 0. The molecule has 0 heterocycles. The summed E-state index contributed by atoms with van der Waals surface area (Å²) in [5.41, 5.74) is -0.326. The zero-order valence-corrected chi connectivity index (χ0v) is 6.77. The van der Waals surface area contributed by atoms with Crippen molar-refractivity contribution in [1.82, 2.24) is 0 Å². The molecular formula is C9H17O. The van der Waals surface area contributed by atoms with Crippen LogP contribution in [0.4, 0.5) is 0 Å². The maximum Gasteiger partial charge on any atom is 0.0650 e. The van der Waals surface area contributed by atoms with Crippen LogP contribution in [0.5, 0.6) is 0 Å². The summed E-state index contributed by atoms with van der Waals surface area (Å²) in [6.07, 6.45) is 8.72. The van der Waals surface area contributed by atoms with Crippen LogP contribution < -0.4 is 0 Å². The lowest BCUT2D eigenvalue weighted by molar-refractivity contribution is 0.00373. The van der Waals surface area contributed by atoms with Crippen LogP contribution >= 0.6 is 0 Å². The van der Waals surface area contributed by atoms with Crippen molar-refractivity contribution in [3.8, 4) is 0 Å². The molecule has 1 aliphatic rings. The first-order chi connectivity index (χ1) is 4.77. The van der Waals surface area contributed by atoms with Crippen molar-refractivity contribution in [2.75, 3.05) is 0 Å². The number of aliphatic hydroxyl groups is 1. The third kappa shape index (κ3) is 1.98. The van der Waals surface area contributed by atoms with Crippen LogP contribution in [0, 0.1) is 6.42 Å². The van der Waals surface area contributed by atoms with Gasteiger partial charge in [0.25, 0.3) is 0 Å². The molecule has 1 nitrogen and oxygen atoms in total. The molecule has 1 N–H and O–H groups in total. The largest absolute Gasteiger partial charge is 0.390 e. The van der Waals surface area contributed by atoms with Crippen molar-refractivity contribution < 1.29 is 5.11 Å². The molecule has 1 saturated carbocycles. The number of hydrogen-bond acceptors (Lipinski definition) is 1. The second kappa shape index (κ2) is 3.38. The summed E-state index contributed by atoms with van der Waals surface area (Å²) in [7, 11) is 0. The lowest BCUT2D eigenvalue weighted by atomic mass is 9.82. The van der Waals surface area contributed by atoms with E-state index in [2.05, 4.69) is 6.42 Å². The van der Waals surface area contributed by atoms with Crippen LogP contribution in [0.1, 0.15) is 45.4 Å². The molecule has 0 aromatic carbocycles. The summed E-state index contributed by atoms with van der Waals surface area (Å²) < 4.78 is 0. The molecule has 59 valence electrons. The molecule has 0 atom stereocenters. The molecule has 0 aliphatic heterocycles. The van der Waals surface area contributed by atoms with Crippen molar-refractivity contribution in [2.24, 2.45) is 0 Å². The molecule has 0 aromatic heterocycles. The second-order valence-electron chi connectivity index (χ2n) is 3.40. The molecule has 1 fully saturated rings. The van der Waals surface area contributed by atoms with Gasteiger partial charge in [-0.2, -0.15) is 0 Å². The van der Waals surface area contributed by atoms with E-state index in [1.54, 1.807) is 0 Å². The van der Waals surface area contributed by atoms with E-state index in [0.29, 0.717) is 0 Å². The average Bonchev–Trinajstić information content (AvgIpc) is 1.89. The maximum absolute atomic E-state index is 9.84. The Morgan fingerprint density at radius 3 is 2.40 bits per heavy atom. The summed E-state index contributed by atoms with van der Waals surface area (Å²) >= 11 is 0. The molecule has 0 spiro atoms. The van der Waals surface area contributed by atoms with Crippen molar-refractivity contribution in [3.05, 3.63) is 6.42 Å². The van der Waals surface area contributed by atoms with Crippen molar-refractivity contribution in [1.29, 1.82) is 0 Å². The Kier molecular flexibility index (Phi) is 2.72. The van der Waals surface area contributed by atoms with Gasteiger partial charge in [-0.25, -0.2) is 0 Å². The Morgan fingerprint density at radius 1 is 1.30 bits per heavy atom. The Bertz CT molecular complexity index is 87.4. The van der Waals surface area contributed by atoms with E-state index in [4.69, 9.17) is 0 Å². The van der Waals surface area contributed by atoms with Gasteiger partial charge in [0.15, 0.2) is 0 Å². The molecule has 1 rings (SSSR count). The fourth-order valence-corrected chi connectivity index (χ4v) is 1.79. The van der Waals surface area contributed by atoms with Crippen LogP contribution in [0.3, 0.4) is 0 Å². The molecule has 0 aromatic rings. The van der Waals surface area contributed by atoms with Crippen LogP contribution in [0.15, 0.2) is 0 Å². The minimum Gasteiger partial charge on any atom is -0.390 e. The highest BCUT2D eigenvalue weighted by Crippen LogP contribution is 2.31. The van der Waals surface area contributed by atoms with Gasteiger partial charge >= 0.3 is 0 Å². The summed E-state index contributed by atoms with van der Waals surface area (Å²) in [5, 5.41) is 9.84. The molecule has 1 radical (unpaired) electrons. The first-order valence-corrected chi connectivity index (χ1v) is 4.27. The molecule has 1 heteroatoms. The van der Waals surface area contributed by atoms with Crippen molar-refractivity contribution >= 4 is 0 Å². The molecule has 1 aliphatic carbocycles. The van der Waals surface area contributed by atoms with Crippen molar-refractivity contribution in [3.63, 3.8) is 0 Å². The summed E-state index contributed by atoms with van der Waals surface area (Å²) in [6.45, 7) is 2.02. The first kappa shape index (κ1) is 8.06. The number of rotatable bonds is 2. The van der Waals surface area contributed by atoms with Crippen LogP contribution in [0.2, 0.25) is 0 Å². The normalized spacial score (nSPS) is 24.6. The van der Waals surface area contributed by atoms with Gasteiger partial charge in [-0.1, -0.05) is 26.2 Å². The average molecular weight is 141 g/mol.